The van der Waals surface area contributed by atoms with Gasteiger partial charge in [0.1, 0.15) is 6.61 Å². The van der Waals surface area contributed by atoms with Crippen molar-refractivity contribution in [3.8, 4) is 0 Å². The lowest BCUT2D eigenvalue weighted by atomic mass is 10.1. The number of halogens is 1. The highest BCUT2D eigenvalue weighted by Crippen LogP contribution is 2.20. The van der Waals surface area contributed by atoms with Gasteiger partial charge in [0.15, 0.2) is 0 Å². The average molecular weight is 196 g/mol. The normalized spacial score (nSPS) is 15.4. The minimum absolute atomic E-state index is 0.682. The summed E-state index contributed by atoms with van der Waals surface area (Å²) >= 11 is 5.98. The summed E-state index contributed by atoms with van der Waals surface area (Å²) in [6, 6.07) is 5.76. The van der Waals surface area contributed by atoms with Crippen molar-refractivity contribution in [1.82, 2.24) is 0 Å². The van der Waals surface area contributed by atoms with Gasteiger partial charge in [-0.05, 0) is 24.6 Å². The molecule has 0 atom stereocenters. The second kappa shape index (κ2) is 3.38. The molecule has 0 aliphatic carbocycles. The number of rotatable bonds is 1. The van der Waals surface area contributed by atoms with Gasteiger partial charge in [-0.15, -0.1) is 0 Å². The lowest BCUT2D eigenvalue weighted by Crippen LogP contribution is -2.03. The third-order valence-corrected chi connectivity index (χ3v) is 2.49. The van der Waals surface area contributed by atoms with E-state index in [9.17, 15) is 0 Å². The zero-order valence-corrected chi connectivity index (χ0v) is 8.14. The van der Waals surface area contributed by atoms with Gasteiger partial charge in [-0.2, -0.15) is 0 Å². The van der Waals surface area contributed by atoms with Crippen LogP contribution in [0.2, 0.25) is 5.02 Å². The van der Waals surface area contributed by atoms with Gasteiger partial charge in [-0.3, -0.25) is 0 Å². The molecule has 2 rings (SSSR count). The van der Waals surface area contributed by atoms with Gasteiger partial charge in [-0.1, -0.05) is 17.7 Å². The summed E-state index contributed by atoms with van der Waals surface area (Å²) in [6.07, 6.45) is 0. The fourth-order valence-electron chi connectivity index (χ4n) is 1.34. The van der Waals surface area contributed by atoms with Gasteiger partial charge in [0, 0.05) is 10.6 Å². The third kappa shape index (κ3) is 1.54. The predicted molar refractivity (Wildman–Crippen MR) is 53.5 cm³/mol. The summed E-state index contributed by atoms with van der Waals surface area (Å²) in [5.74, 6) is 0.722. The van der Waals surface area contributed by atoms with Gasteiger partial charge in [0.25, 0.3) is 0 Å². The van der Waals surface area contributed by atoms with E-state index < -0.39 is 0 Å². The van der Waals surface area contributed by atoms with E-state index in [0.717, 1.165) is 28.6 Å². The molecule has 0 spiro atoms. The molecule has 3 heteroatoms. The molecule has 0 aromatic heterocycles. The molecule has 0 radical (unpaired) electrons. The van der Waals surface area contributed by atoms with Crippen LogP contribution >= 0.6 is 11.6 Å². The highest BCUT2D eigenvalue weighted by atomic mass is 35.5. The standard InChI is InChI=1S/C10H10ClNO/c1-7-8(3-2-4-9(7)11)10-12-5-6-13-10/h2-4H,5-6H2,1H3. The molecule has 1 aromatic carbocycles. The van der Waals surface area contributed by atoms with Gasteiger partial charge in [0.05, 0.1) is 6.54 Å². The minimum atomic E-state index is 0.682. The van der Waals surface area contributed by atoms with Crippen molar-refractivity contribution in [2.45, 2.75) is 6.92 Å². The highest BCUT2D eigenvalue weighted by molar-refractivity contribution is 6.31. The van der Waals surface area contributed by atoms with Crippen molar-refractivity contribution in [1.29, 1.82) is 0 Å². The summed E-state index contributed by atoms with van der Waals surface area (Å²) in [7, 11) is 0. The first-order valence-corrected chi connectivity index (χ1v) is 4.59. The zero-order chi connectivity index (χ0) is 9.26. The molecule has 1 aliphatic rings. The van der Waals surface area contributed by atoms with Gasteiger partial charge in [0.2, 0.25) is 5.90 Å². The molecule has 0 saturated carbocycles. The second-order valence-corrected chi connectivity index (χ2v) is 3.35. The number of benzene rings is 1. The van der Waals surface area contributed by atoms with Crippen LogP contribution in [-0.2, 0) is 4.74 Å². The van der Waals surface area contributed by atoms with Crippen LogP contribution in [0.15, 0.2) is 23.2 Å². The lowest BCUT2D eigenvalue weighted by Gasteiger charge is -2.06. The Kier molecular flexibility index (Phi) is 2.23. The van der Waals surface area contributed by atoms with Crippen LogP contribution in [0.4, 0.5) is 0 Å². The van der Waals surface area contributed by atoms with Gasteiger partial charge in [-0.25, -0.2) is 4.99 Å². The maximum atomic E-state index is 5.98. The first-order valence-electron chi connectivity index (χ1n) is 4.22. The van der Waals surface area contributed by atoms with Crippen molar-refractivity contribution >= 4 is 17.5 Å². The van der Waals surface area contributed by atoms with Crippen molar-refractivity contribution in [2.75, 3.05) is 13.2 Å². The van der Waals surface area contributed by atoms with Crippen molar-refractivity contribution in [2.24, 2.45) is 4.99 Å². The van der Waals surface area contributed by atoms with Gasteiger partial charge < -0.3 is 4.74 Å². The van der Waals surface area contributed by atoms with Crippen LogP contribution < -0.4 is 0 Å². The summed E-state index contributed by atoms with van der Waals surface area (Å²) in [5.41, 5.74) is 2.04. The molecule has 0 saturated heterocycles. The maximum absolute atomic E-state index is 5.98. The largest absolute Gasteiger partial charge is 0.476 e. The highest BCUT2D eigenvalue weighted by Gasteiger charge is 2.13. The molecule has 1 heterocycles. The zero-order valence-electron chi connectivity index (χ0n) is 7.38. The Morgan fingerprint density at radius 3 is 3.00 bits per heavy atom. The molecule has 0 amide bonds. The summed E-state index contributed by atoms with van der Waals surface area (Å²) in [4.78, 5) is 4.24. The topological polar surface area (TPSA) is 21.6 Å². The lowest BCUT2D eigenvalue weighted by molar-refractivity contribution is 0.348. The fourth-order valence-corrected chi connectivity index (χ4v) is 1.51. The molecule has 0 bridgehead atoms. The van der Waals surface area contributed by atoms with Crippen LogP contribution in [0.5, 0.6) is 0 Å². The minimum Gasteiger partial charge on any atom is -0.476 e. The van der Waals surface area contributed by atoms with Gasteiger partial charge >= 0.3 is 0 Å². The van der Waals surface area contributed by atoms with E-state index in [-0.39, 0.29) is 0 Å². The van der Waals surface area contributed by atoms with E-state index in [1.54, 1.807) is 0 Å². The third-order valence-electron chi connectivity index (χ3n) is 2.08. The number of aliphatic imine (C=N–C) groups is 1. The molecule has 13 heavy (non-hydrogen) atoms. The Labute approximate surface area is 82.2 Å². The molecule has 1 aromatic rings. The number of nitrogens with zero attached hydrogens (tertiary/aromatic N) is 1. The Balaban J connectivity index is 2.45. The molecule has 1 aliphatic heterocycles. The van der Waals surface area contributed by atoms with Crippen LogP contribution in [0.3, 0.4) is 0 Å². The van der Waals surface area contributed by atoms with E-state index in [1.807, 2.05) is 25.1 Å². The Hall–Kier alpha value is -1.02. The van der Waals surface area contributed by atoms with Crippen molar-refractivity contribution in [3.63, 3.8) is 0 Å². The smallest absolute Gasteiger partial charge is 0.216 e. The SMILES string of the molecule is Cc1c(Cl)cccc1C1=NCCO1. The monoisotopic (exact) mass is 195 g/mol. The van der Waals surface area contributed by atoms with Crippen LogP contribution in [0, 0.1) is 6.92 Å². The van der Waals surface area contributed by atoms with Crippen LogP contribution in [0.1, 0.15) is 11.1 Å². The molecule has 0 fully saturated rings. The van der Waals surface area contributed by atoms with E-state index in [2.05, 4.69) is 4.99 Å². The van der Waals surface area contributed by atoms with E-state index >= 15 is 0 Å². The average Bonchev–Trinajstić information content (AvgIpc) is 2.62. The van der Waals surface area contributed by atoms with Crippen molar-refractivity contribution < 1.29 is 4.74 Å². The summed E-state index contributed by atoms with van der Waals surface area (Å²) < 4.78 is 5.37. The second-order valence-electron chi connectivity index (χ2n) is 2.95. The molecular formula is C10H10ClNO. The molecular weight excluding hydrogens is 186 g/mol. The summed E-state index contributed by atoms with van der Waals surface area (Å²) in [6.45, 7) is 3.41. The molecule has 2 nitrogen and oxygen atoms in total. The van der Waals surface area contributed by atoms with Crippen LogP contribution in [0.25, 0.3) is 0 Å². The first-order chi connectivity index (χ1) is 6.29. The molecule has 68 valence electrons. The maximum Gasteiger partial charge on any atom is 0.216 e. The first kappa shape index (κ1) is 8.57. The Morgan fingerprint density at radius 1 is 1.46 bits per heavy atom. The van der Waals surface area contributed by atoms with E-state index in [4.69, 9.17) is 16.3 Å². The number of ether oxygens (including phenoxy) is 1. The molecule has 0 N–H and O–H groups in total. The fraction of sp³-hybridized carbons (Fsp3) is 0.300. The Morgan fingerprint density at radius 2 is 2.31 bits per heavy atom. The number of hydrogen-bond donors (Lipinski definition) is 0. The summed E-state index contributed by atoms with van der Waals surface area (Å²) in [5, 5.41) is 0.760. The van der Waals surface area contributed by atoms with E-state index in [1.165, 1.54) is 0 Å². The number of hydrogen-bond acceptors (Lipinski definition) is 2. The van der Waals surface area contributed by atoms with Crippen LogP contribution in [-0.4, -0.2) is 19.0 Å². The predicted octanol–water partition coefficient (Wildman–Crippen LogP) is 2.43. The van der Waals surface area contributed by atoms with E-state index in [0.29, 0.717) is 6.61 Å². The quantitative estimate of drug-likeness (QED) is 0.675. The van der Waals surface area contributed by atoms with Crippen molar-refractivity contribution in [3.05, 3.63) is 34.3 Å². The Bertz CT molecular complexity index is 360. The molecule has 0 unspecified atom stereocenters.